The van der Waals surface area contributed by atoms with E-state index >= 15 is 0 Å². The summed E-state index contributed by atoms with van der Waals surface area (Å²) in [5.41, 5.74) is 1.40. The van der Waals surface area contributed by atoms with Crippen LogP contribution in [0, 0.1) is 0 Å². The fourth-order valence-electron chi connectivity index (χ4n) is 1.76. The van der Waals surface area contributed by atoms with Crippen LogP contribution >= 0.6 is 0 Å². The quantitative estimate of drug-likeness (QED) is 0.681. The van der Waals surface area contributed by atoms with Crippen molar-refractivity contribution >= 4 is 11.6 Å². The number of hydrogen-bond donors (Lipinski definition) is 3. The lowest BCUT2D eigenvalue weighted by molar-refractivity contribution is 0.0958. The van der Waals surface area contributed by atoms with Crippen LogP contribution in [-0.4, -0.2) is 37.1 Å². The Morgan fingerprint density at radius 3 is 3.00 bits per heavy atom. The van der Waals surface area contributed by atoms with Crippen LogP contribution in [0.2, 0.25) is 0 Å². The molecule has 1 aliphatic rings. The van der Waals surface area contributed by atoms with Crippen LogP contribution in [0.15, 0.2) is 18.3 Å². The molecule has 0 bridgehead atoms. The van der Waals surface area contributed by atoms with Gasteiger partial charge in [-0.2, -0.15) is 0 Å². The Labute approximate surface area is 94.6 Å². The molecule has 3 N–H and O–H groups in total. The zero-order chi connectivity index (χ0) is 11.4. The molecule has 1 amide bonds. The smallest absolute Gasteiger partial charge is 0.269 e. The lowest BCUT2D eigenvalue weighted by Gasteiger charge is -2.12. The fourth-order valence-corrected chi connectivity index (χ4v) is 1.76. The second-order valence-corrected chi connectivity index (χ2v) is 3.85. The van der Waals surface area contributed by atoms with Crippen molar-refractivity contribution in [3.63, 3.8) is 0 Å². The van der Waals surface area contributed by atoms with Gasteiger partial charge in [-0.3, -0.25) is 4.79 Å². The molecule has 5 nitrogen and oxygen atoms in total. The highest BCUT2D eigenvalue weighted by Crippen LogP contribution is 2.10. The predicted octanol–water partition coefficient (Wildman–Crippen LogP) is 0.215. The number of aromatic nitrogens is 1. The molecule has 2 heterocycles. The van der Waals surface area contributed by atoms with Gasteiger partial charge in [-0.25, -0.2) is 4.98 Å². The summed E-state index contributed by atoms with van der Waals surface area (Å²) in [7, 11) is 1.60. The molecule has 1 fully saturated rings. The number of anilines is 1. The molecule has 0 unspecified atom stereocenters. The van der Waals surface area contributed by atoms with E-state index in [2.05, 4.69) is 20.9 Å². The van der Waals surface area contributed by atoms with Gasteiger partial charge in [0.2, 0.25) is 0 Å². The molecule has 1 aromatic heterocycles. The Bertz CT molecular complexity index is 357. The van der Waals surface area contributed by atoms with Crippen LogP contribution in [-0.2, 0) is 0 Å². The number of rotatable bonds is 3. The van der Waals surface area contributed by atoms with Crippen LogP contribution < -0.4 is 16.0 Å². The van der Waals surface area contributed by atoms with Crippen molar-refractivity contribution in [3.8, 4) is 0 Å². The Balaban J connectivity index is 1.98. The van der Waals surface area contributed by atoms with Crippen LogP contribution in [0.1, 0.15) is 16.9 Å². The number of hydrogen-bond acceptors (Lipinski definition) is 4. The minimum Gasteiger partial charge on any atom is -0.380 e. The molecule has 0 saturated carbocycles. The zero-order valence-corrected chi connectivity index (χ0v) is 9.29. The third-order valence-corrected chi connectivity index (χ3v) is 2.65. The van der Waals surface area contributed by atoms with E-state index in [0.29, 0.717) is 11.7 Å². The Hall–Kier alpha value is -1.62. The molecule has 1 aliphatic heterocycles. The van der Waals surface area contributed by atoms with Gasteiger partial charge in [0.25, 0.3) is 5.91 Å². The highest BCUT2D eigenvalue weighted by molar-refractivity contribution is 5.92. The predicted molar refractivity (Wildman–Crippen MR) is 62.5 cm³/mol. The Kier molecular flexibility index (Phi) is 3.36. The molecule has 16 heavy (non-hydrogen) atoms. The number of carbonyl (C=O) groups is 1. The van der Waals surface area contributed by atoms with Gasteiger partial charge in [0.05, 0.1) is 11.9 Å². The van der Waals surface area contributed by atoms with Gasteiger partial charge in [-0.1, -0.05) is 0 Å². The van der Waals surface area contributed by atoms with Crippen molar-refractivity contribution in [2.45, 2.75) is 12.5 Å². The van der Waals surface area contributed by atoms with Crippen molar-refractivity contribution in [2.24, 2.45) is 0 Å². The average molecular weight is 220 g/mol. The molecule has 5 heteroatoms. The van der Waals surface area contributed by atoms with Crippen molar-refractivity contribution < 1.29 is 4.79 Å². The van der Waals surface area contributed by atoms with Crippen LogP contribution in [0.25, 0.3) is 0 Å². The minimum atomic E-state index is -0.158. The standard InChI is InChI=1S/C11H16N4O/c1-12-11(16)10-3-2-8(7-14-10)15-9-4-5-13-6-9/h2-3,7,9,13,15H,4-6H2,1H3,(H,12,16)/t9-/m1/s1. The number of nitrogens with zero attached hydrogens (tertiary/aromatic N) is 1. The summed E-state index contributed by atoms with van der Waals surface area (Å²) in [6.07, 6.45) is 2.82. The summed E-state index contributed by atoms with van der Waals surface area (Å²) in [6, 6.07) is 4.08. The monoisotopic (exact) mass is 220 g/mol. The maximum Gasteiger partial charge on any atom is 0.269 e. The molecule has 0 aliphatic carbocycles. The van der Waals surface area contributed by atoms with E-state index in [4.69, 9.17) is 0 Å². The lowest BCUT2D eigenvalue weighted by atomic mass is 10.2. The van der Waals surface area contributed by atoms with Crippen molar-refractivity contribution in [1.29, 1.82) is 0 Å². The van der Waals surface area contributed by atoms with Gasteiger partial charge in [0.1, 0.15) is 5.69 Å². The third-order valence-electron chi connectivity index (χ3n) is 2.65. The highest BCUT2D eigenvalue weighted by Gasteiger charge is 2.14. The van der Waals surface area contributed by atoms with E-state index < -0.39 is 0 Å². The first-order chi connectivity index (χ1) is 7.79. The molecule has 1 saturated heterocycles. The molecular formula is C11H16N4O. The minimum absolute atomic E-state index is 0.158. The largest absolute Gasteiger partial charge is 0.380 e. The van der Waals surface area contributed by atoms with E-state index in [1.165, 1.54) is 0 Å². The van der Waals surface area contributed by atoms with E-state index in [-0.39, 0.29) is 5.91 Å². The third kappa shape index (κ3) is 2.49. The van der Waals surface area contributed by atoms with Crippen LogP contribution in [0.5, 0.6) is 0 Å². The van der Waals surface area contributed by atoms with E-state index in [1.54, 1.807) is 19.3 Å². The highest BCUT2D eigenvalue weighted by atomic mass is 16.1. The lowest BCUT2D eigenvalue weighted by Crippen LogP contribution is -2.22. The summed E-state index contributed by atoms with van der Waals surface area (Å²) in [6.45, 7) is 2.04. The molecule has 0 aromatic carbocycles. The van der Waals surface area contributed by atoms with E-state index in [1.807, 2.05) is 6.07 Å². The first kappa shape index (κ1) is 10.9. The zero-order valence-electron chi connectivity index (χ0n) is 9.29. The molecule has 0 radical (unpaired) electrons. The summed E-state index contributed by atoms with van der Waals surface area (Å²) < 4.78 is 0. The fraction of sp³-hybridized carbons (Fsp3) is 0.455. The molecule has 0 spiro atoms. The normalized spacial score (nSPS) is 19.4. The van der Waals surface area contributed by atoms with Gasteiger partial charge in [-0.15, -0.1) is 0 Å². The average Bonchev–Trinajstić information content (AvgIpc) is 2.82. The Morgan fingerprint density at radius 2 is 2.44 bits per heavy atom. The summed E-state index contributed by atoms with van der Waals surface area (Å²) in [4.78, 5) is 15.4. The molecule has 1 aromatic rings. The second-order valence-electron chi connectivity index (χ2n) is 3.85. The molecule has 86 valence electrons. The summed E-state index contributed by atoms with van der Waals surface area (Å²) >= 11 is 0. The van der Waals surface area contributed by atoms with Gasteiger partial charge >= 0.3 is 0 Å². The number of nitrogens with one attached hydrogen (secondary N) is 3. The summed E-state index contributed by atoms with van der Waals surface area (Å²) in [5, 5.41) is 9.19. The number of carbonyl (C=O) groups excluding carboxylic acids is 1. The summed E-state index contributed by atoms with van der Waals surface area (Å²) in [5.74, 6) is -0.158. The topological polar surface area (TPSA) is 66.1 Å². The van der Waals surface area contributed by atoms with E-state index in [0.717, 1.165) is 25.2 Å². The van der Waals surface area contributed by atoms with Crippen LogP contribution in [0.4, 0.5) is 5.69 Å². The maximum absolute atomic E-state index is 11.3. The molecule has 1 atom stereocenters. The maximum atomic E-state index is 11.3. The number of pyridine rings is 1. The van der Waals surface area contributed by atoms with Crippen molar-refractivity contribution in [3.05, 3.63) is 24.0 Å². The van der Waals surface area contributed by atoms with Crippen molar-refractivity contribution in [2.75, 3.05) is 25.5 Å². The SMILES string of the molecule is CNC(=O)c1ccc(N[C@@H]2CCNC2)cn1. The van der Waals surface area contributed by atoms with Gasteiger partial charge in [0, 0.05) is 19.6 Å². The van der Waals surface area contributed by atoms with Gasteiger partial charge in [-0.05, 0) is 25.1 Å². The van der Waals surface area contributed by atoms with Gasteiger partial charge < -0.3 is 16.0 Å². The van der Waals surface area contributed by atoms with E-state index in [9.17, 15) is 4.79 Å². The molecular weight excluding hydrogens is 204 g/mol. The van der Waals surface area contributed by atoms with Crippen LogP contribution in [0.3, 0.4) is 0 Å². The first-order valence-electron chi connectivity index (χ1n) is 5.45. The first-order valence-corrected chi connectivity index (χ1v) is 5.45. The van der Waals surface area contributed by atoms with Gasteiger partial charge in [0.15, 0.2) is 0 Å². The number of amides is 1. The molecule has 2 rings (SSSR count). The van der Waals surface area contributed by atoms with Crippen molar-refractivity contribution in [1.82, 2.24) is 15.6 Å². The Morgan fingerprint density at radius 1 is 1.56 bits per heavy atom. The second kappa shape index (κ2) is 4.94.